The molecule has 1 N–H and O–H groups in total. The van der Waals surface area contributed by atoms with Gasteiger partial charge in [0.25, 0.3) is 0 Å². The molecule has 0 aliphatic carbocycles. The standard InChI is InChI=1S/C21H27N3O/c1-15-9-10-16(2)20(11-15)22-21(25)24(4)14-19-12-17-7-5-6-8-18(17)13-23(19)3/h5-11,19H,12-14H2,1-4H3,(H,22,25). The summed E-state index contributed by atoms with van der Waals surface area (Å²) in [5, 5.41) is 3.04. The molecule has 4 nitrogen and oxygen atoms in total. The Balaban J connectivity index is 1.64. The van der Waals surface area contributed by atoms with Crippen LogP contribution in [0.4, 0.5) is 10.5 Å². The molecule has 0 saturated carbocycles. The Morgan fingerprint density at radius 3 is 2.68 bits per heavy atom. The quantitative estimate of drug-likeness (QED) is 0.924. The molecule has 3 rings (SSSR count). The molecular weight excluding hydrogens is 310 g/mol. The number of nitrogens with one attached hydrogen (secondary N) is 1. The molecule has 1 aliphatic rings. The highest BCUT2D eigenvalue weighted by Gasteiger charge is 2.25. The van der Waals surface area contributed by atoms with Crippen LogP contribution in [0.3, 0.4) is 0 Å². The highest BCUT2D eigenvalue weighted by atomic mass is 16.2. The summed E-state index contributed by atoms with van der Waals surface area (Å²) in [5.41, 5.74) is 5.90. The van der Waals surface area contributed by atoms with Gasteiger partial charge in [-0.15, -0.1) is 0 Å². The summed E-state index contributed by atoms with van der Waals surface area (Å²) >= 11 is 0. The Bertz CT molecular complexity index is 771. The van der Waals surface area contributed by atoms with E-state index in [2.05, 4.69) is 47.6 Å². The topological polar surface area (TPSA) is 35.6 Å². The lowest BCUT2D eigenvalue weighted by atomic mass is 9.94. The van der Waals surface area contributed by atoms with Gasteiger partial charge in [0.2, 0.25) is 0 Å². The lowest BCUT2D eigenvalue weighted by Gasteiger charge is -2.36. The van der Waals surface area contributed by atoms with E-state index in [1.54, 1.807) is 4.90 Å². The zero-order valence-electron chi connectivity index (χ0n) is 15.5. The van der Waals surface area contributed by atoms with Crippen molar-refractivity contribution in [2.45, 2.75) is 32.9 Å². The maximum Gasteiger partial charge on any atom is 0.321 e. The van der Waals surface area contributed by atoms with Crippen molar-refractivity contribution in [1.82, 2.24) is 9.80 Å². The molecule has 0 bridgehead atoms. The van der Waals surface area contributed by atoms with Gasteiger partial charge in [0, 0.05) is 31.9 Å². The number of rotatable bonds is 3. The van der Waals surface area contributed by atoms with Crippen molar-refractivity contribution in [3.05, 3.63) is 64.7 Å². The van der Waals surface area contributed by atoms with Gasteiger partial charge in [0.15, 0.2) is 0 Å². The monoisotopic (exact) mass is 337 g/mol. The van der Waals surface area contributed by atoms with Crippen LogP contribution in [0.15, 0.2) is 42.5 Å². The number of aryl methyl sites for hydroxylation is 2. The number of fused-ring (bicyclic) bond motifs is 1. The summed E-state index contributed by atoms with van der Waals surface area (Å²) in [6, 6.07) is 15.0. The Kier molecular flexibility index (Phi) is 5.09. The Labute approximate surface area is 150 Å². The van der Waals surface area contributed by atoms with Gasteiger partial charge < -0.3 is 10.2 Å². The lowest BCUT2D eigenvalue weighted by molar-refractivity contribution is 0.166. The molecule has 2 aromatic carbocycles. The Morgan fingerprint density at radius 1 is 1.20 bits per heavy atom. The minimum Gasteiger partial charge on any atom is -0.326 e. The van der Waals surface area contributed by atoms with Gasteiger partial charge in [-0.05, 0) is 55.6 Å². The third-order valence-corrected chi connectivity index (χ3v) is 5.08. The van der Waals surface area contributed by atoms with E-state index >= 15 is 0 Å². The number of likely N-dealkylation sites (N-methyl/N-ethyl adjacent to an activating group) is 2. The largest absolute Gasteiger partial charge is 0.326 e. The summed E-state index contributed by atoms with van der Waals surface area (Å²) in [5.74, 6) is 0. The molecule has 4 heteroatoms. The molecule has 0 spiro atoms. The fourth-order valence-corrected chi connectivity index (χ4v) is 3.40. The van der Waals surface area contributed by atoms with Crippen molar-refractivity contribution >= 4 is 11.7 Å². The normalized spacial score (nSPS) is 17.0. The number of urea groups is 1. The predicted octanol–water partition coefficient (Wildman–Crippen LogP) is 3.82. The fraction of sp³-hybridized carbons (Fsp3) is 0.381. The molecule has 132 valence electrons. The number of anilines is 1. The van der Waals surface area contributed by atoms with Crippen molar-refractivity contribution in [3.63, 3.8) is 0 Å². The summed E-state index contributed by atoms with van der Waals surface area (Å²) < 4.78 is 0. The van der Waals surface area contributed by atoms with E-state index in [0.29, 0.717) is 12.6 Å². The van der Waals surface area contributed by atoms with Crippen LogP contribution in [0.5, 0.6) is 0 Å². The van der Waals surface area contributed by atoms with Crippen molar-refractivity contribution in [1.29, 1.82) is 0 Å². The van der Waals surface area contributed by atoms with Crippen molar-refractivity contribution in [2.24, 2.45) is 0 Å². The van der Waals surface area contributed by atoms with Gasteiger partial charge in [0.1, 0.15) is 0 Å². The highest BCUT2D eigenvalue weighted by Crippen LogP contribution is 2.23. The first kappa shape index (κ1) is 17.5. The van der Waals surface area contributed by atoms with Crippen molar-refractivity contribution in [3.8, 4) is 0 Å². The minimum atomic E-state index is -0.0547. The minimum absolute atomic E-state index is 0.0547. The second-order valence-electron chi connectivity index (χ2n) is 7.17. The van der Waals surface area contributed by atoms with Gasteiger partial charge in [-0.3, -0.25) is 4.90 Å². The van der Waals surface area contributed by atoms with Crippen LogP contribution in [0, 0.1) is 13.8 Å². The molecule has 0 radical (unpaired) electrons. The van der Waals surface area contributed by atoms with Crippen LogP contribution in [-0.2, 0) is 13.0 Å². The maximum absolute atomic E-state index is 12.6. The van der Waals surface area contributed by atoms with Crippen LogP contribution >= 0.6 is 0 Å². The second-order valence-corrected chi connectivity index (χ2v) is 7.17. The van der Waals surface area contributed by atoms with Crippen LogP contribution in [0.2, 0.25) is 0 Å². The molecule has 1 atom stereocenters. The van der Waals surface area contributed by atoms with Crippen molar-refractivity contribution in [2.75, 3.05) is 26.0 Å². The molecule has 0 fully saturated rings. The summed E-state index contributed by atoms with van der Waals surface area (Å²) in [4.78, 5) is 16.7. The van der Waals surface area contributed by atoms with E-state index in [4.69, 9.17) is 0 Å². The van der Waals surface area contributed by atoms with Gasteiger partial charge in [0.05, 0.1) is 0 Å². The molecule has 1 aliphatic heterocycles. The first-order valence-electron chi connectivity index (χ1n) is 8.80. The van der Waals surface area contributed by atoms with Gasteiger partial charge in [-0.2, -0.15) is 0 Å². The van der Waals surface area contributed by atoms with E-state index < -0.39 is 0 Å². The smallest absolute Gasteiger partial charge is 0.321 e. The van der Waals surface area contributed by atoms with E-state index in [0.717, 1.165) is 29.8 Å². The summed E-state index contributed by atoms with van der Waals surface area (Å²) in [6.07, 6.45) is 0.980. The molecule has 2 aromatic rings. The van der Waals surface area contributed by atoms with E-state index in [9.17, 15) is 4.79 Å². The molecule has 1 heterocycles. The average Bonchev–Trinajstić information content (AvgIpc) is 2.58. The number of hydrogen-bond donors (Lipinski definition) is 1. The van der Waals surface area contributed by atoms with Gasteiger partial charge >= 0.3 is 6.03 Å². The number of nitrogens with zero attached hydrogens (tertiary/aromatic N) is 2. The number of benzene rings is 2. The SMILES string of the molecule is Cc1ccc(C)c(NC(=O)N(C)CC2Cc3ccccc3CN2C)c1. The average molecular weight is 337 g/mol. The fourth-order valence-electron chi connectivity index (χ4n) is 3.40. The lowest BCUT2D eigenvalue weighted by Crippen LogP contribution is -2.47. The summed E-state index contributed by atoms with van der Waals surface area (Å²) in [6.45, 7) is 5.70. The number of carbonyl (C=O) groups is 1. The molecule has 0 aromatic heterocycles. The third-order valence-electron chi connectivity index (χ3n) is 5.08. The molecular formula is C21H27N3O. The number of hydrogen-bond acceptors (Lipinski definition) is 2. The third kappa shape index (κ3) is 4.02. The first-order chi connectivity index (χ1) is 11.9. The molecule has 2 amide bonds. The van der Waals surface area contributed by atoms with Crippen LogP contribution in [-0.4, -0.2) is 42.5 Å². The zero-order chi connectivity index (χ0) is 18.0. The molecule has 1 unspecified atom stereocenters. The van der Waals surface area contributed by atoms with Crippen LogP contribution in [0.25, 0.3) is 0 Å². The first-order valence-corrected chi connectivity index (χ1v) is 8.80. The maximum atomic E-state index is 12.6. The number of carbonyl (C=O) groups excluding carboxylic acids is 1. The van der Waals surface area contributed by atoms with E-state index in [1.807, 2.05) is 33.0 Å². The van der Waals surface area contributed by atoms with E-state index in [-0.39, 0.29) is 6.03 Å². The van der Waals surface area contributed by atoms with Crippen LogP contribution < -0.4 is 5.32 Å². The zero-order valence-corrected chi connectivity index (χ0v) is 15.5. The molecule has 0 saturated heterocycles. The molecule has 25 heavy (non-hydrogen) atoms. The van der Waals surface area contributed by atoms with E-state index in [1.165, 1.54) is 11.1 Å². The van der Waals surface area contributed by atoms with Gasteiger partial charge in [-0.1, -0.05) is 36.4 Å². The highest BCUT2D eigenvalue weighted by molar-refractivity contribution is 5.90. The number of amides is 2. The Hall–Kier alpha value is -2.33. The van der Waals surface area contributed by atoms with Crippen LogP contribution in [0.1, 0.15) is 22.3 Å². The van der Waals surface area contributed by atoms with Gasteiger partial charge in [-0.25, -0.2) is 4.79 Å². The Morgan fingerprint density at radius 2 is 1.92 bits per heavy atom. The predicted molar refractivity (Wildman–Crippen MR) is 103 cm³/mol. The van der Waals surface area contributed by atoms with Crippen molar-refractivity contribution < 1.29 is 4.79 Å². The second kappa shape index (κ2) is 7.28. The summed E-state index contributed by atoms with van der Waals surface area (Å²) in [7, 11) is 4.01.